The van der Waals surface area contributed by atoms with Gasteiger partial charge < -0.3 is 5.11 Å². The van der Waals surface area contributed by atoms with Crippen LogP contribution >= 0.6 is 11.3 Å². The highest BCUT2D eigenvalue weighted by Crippen LogP contribution is 2.25. The lowest BCUT2D eigenvalue weighted by Crippen LogP contribution is -2.33. The first-order valence-corrected chi connectivity index (χ1v) is 8.83. The van der Waals surface area contributed by atoms with E-state index in [1.54, 1.807) is 0 Å². The van der Waals surface area contributed by atoms with Crippen LogP contribution in [0.2, 0.25) is 0 Å². The maximum Gasteiger partial charge on any atom is 0.328 e. The molecule has 130 valence electrons. The number of rotatable bonds is 5. The Labute approximate surface area is 148 Å². The molecule has 3 rings (SSSR count). The number of carboxylic acids is 1. The molecule has 7 heteroatoms. The predicted molar refractivity (Wildman–Crippen MR) is 97.3 cm³/mol. The Morgan fingerprint density at radius 2 is 1.92 bits per heavy atom. The van der Waals surface area contributed by atoms with Crippen molar-refractivity contribution in [1.82, 2.24) is 15.0 Å². The van der Waals surface area contributed by atoms with Crippen LogP contribution in [0, 0.1) is 20.8 Å². The first-order valence-electron chi connectivity index (χ1n) is 8.02. The summed E-state index contributed by atoms with van der Waals surface area (Å²) < 4.78 is 1.01. The van der Waals surface area contributed by atoms with Gasteiger partial charge in [-0.2, -0.15) is 4.68 Å². The minimum Gasteiger partial charge on any atom is -0.480 e. The molecule has 0 aliphatic carbocycles. The van der Waals surface area contributed by atoms with Gasteiger partial charge in [-0.25, -0.2) is 4.79 Å². The van der Waals surface area contributed by atoms with Crippen LogP contribution in [0.5, 0.6) is 0 Å². The van der Waals surface area contributed by atoms with Crippen molar-refractivity contribution in [2.24, 2.45) is 0 Å². The number of carboxylic acid groups (broad SMARTS) is 1. The number of hydrogen-bond acceptors (Lipinski definition) is 5. The van der Waals surface area contributed by atoms with Gasteiger partial charge in [0.2, 0.25) is 0 Å². The fourth-order valence-corrected chi connectivity index (χ4v) is 3.75. The van der Waals surface area contributed by atoms with Crippen LogP contribution in [0.4, 0.5) is 0 Å². The Balaban J connectivity index is 1.95. The minimum atomic E-state index is -1.08. The van der Waals surface area contributed by atoms with Gasteiger partial charge in [-0.1, -0.05) is 35.0 Å². The van der Waals surface area contributed by atoms with Crippen LogP contribution in [0.15, 0.2) is 29.1 Å². The normalized spacial score (nSPS) is 12.4. The number of thiophene rings is 1. The Morgan fingerprint density at radius 3 is 2.56 bits per heavy atom. The van der Waals surface area contributed by atoms with Crippen molar-refractivity contribution in [2.45, 2.75) is 39.7 Å². The number of fused-ring (bicyclic) bond motifs is 1. The SMILES string of the molecule is Cc1ccc(CCC(C(=O)O)n2nnc3sc(C)c(C)c3c2=O)cc1. The summed E-state index contributed by atoms with van der Waals surface area (Å²) in [6.45, 7) is 5.76. The molecule has 0 amide bonds. The Bertz CT molecular complexity index is 989. The molecule has 2 aromatic heterocycles. The van der Waals surface area contributed by atoms with E-state index in [0.29, 0.717) is 16.6 Å². The summed E-state index contributed by atoms with van der Waals surface area (Å²) in [5.41, 5.74) is 2.63. The highest BCUT2D eigenvalue weighted by atomic mass is 32.1. The molecule has 6 nitrogen and oxygen atoms in total. The largest absolute Gasteiger partial charge is 0.480 e. The second-order valence-corrected chi connectivity index (χ2v) is 7.38. The van der Waals surface area contributed by atoms with Gasteiger partial charge in [0.1, 0.15) is 0 Å². The molecule has 1 unspecified atom stereocenters. The first kappa shape index (κ1) is 17.3. The fraction of sp³-hybridized carbons (Fsp3) is 0.333. The van der Waals surface area contributed by atoms with E-state index in [-0.39, 0.29) is 12.0 Å². The lowest BCUT2D eigenvalue weighted by atomic mass is 10.0. The molecular formula is C18H19N3O3S. The zero-order valence-corrected chi connectivity index (χ0v) is 15.1. The molecule has 0 aliphatic heterocycles. The van der Waals surface area contributed by atoms with E-state index in [2.05, 4.69) is 10.3 Å². The fourth-order valence-electron chi connectivity index (χ4n) is 2.79. The van der Waals surface area contributed by atoms with Crippen molar-refractivity contribution in [3.8, 4) is 0 Å². The molecule has 3 aromatic rings. The summed E-state index contributed by atoms with van der Waals surface area (Å²) in [4.78, 5) is 26.0. The summed E-state index contributed by atoms with van der Waals surface area (Å²) >= 11 is 1.40. The molecule has 0 spiro atoms. The van der Waals surface area contributed by atoms with Gasteiger partial charge in [0.25, 0.3) is 5.56 Å². The van der Waals surface area contributed by atoms with Crippen LogP contribution in [-0.2, 0) is 11.2 Å². The zero-order valence-electron chi connectivity index (χ0n) is 14.3. The highest BCUT2D eigenvalue weighted by Gasteiger charge is 2.24. The van der Waals surface area contributed by atoms with Crippen molar-refractivity contribution in [2.75, 3.05) is 0 Å². The van der Waals surface area contributed by atoms with Crippen LogP contribution in [0.25, 0.3) is 10.2 Å². The van der Waals surface area contributed by atoms with Gasteiger partial charge in [0, 0.05) is 4.88 Å². The number of benzene rings is 1. The standard InChI is InChI=1S/C18H19N3O3S/c1-10-4-6-13(7-5-10)8-9-14(18(23)24)21-17(22)15-11(2)12(3)25-16(15)19-20-21/h4-7,14H,8-9H2,1-3H3,(H,23,24). The molecule has 25 heavy (non-hydrogen) atoms. The summed E-state index contributed by atoms with van der Waals surface area (Å²) in [6.07, 6.45) is 0.825. The van der Waals surface area contributed by atoms with Crippen LogP contribution < -0.4 is 5.56 Å². The Kier molecular flexibility index (Phi) is 4.67. The molecule has 0 bridgehead atoms. The van der Waals surface area contributed by atoms with Gasteiger partial charge in [0.05, 0.1) is 5.39 Å². The van der Waals surface area contributed by atoms with Gasteiger partial charge in [-0.3, -0.25) is 4.79 Å². The molecule has 0 aliphatic rings. The number of hydrogen-bond donors (Lipinski definition) is 1. The predicted octanol–water partition coefficient (Wildman–Crippen LogP) is 3.04. The average Bonchev–Trinajstić information content (AvgIpc) is 2.86. The monoisotopic (exact) mass is 357 g/mol. The van der Waals surface area contributed by atoms with Crippen molar-refractivity contribution in [3.63, 3.8) is 0 Å². The van der Waals surface area contributed by atoms with E-state index >= 15 is 0 Å². The van der Waals surface area contributed by atoms with Gasteiger partial charge in [-0.15, -0.1) is 16.4 Å². The summed E-state index contributed by atoms with van der Waals surface area (Å²) in [7, 11) is 0. The number of aliphatic carboxylic acids is 1. The van der Waals surface area contributed by atoms with Crippen molar-refractivity contribution >= 4 is 27.5 Å². The Hall–Kier alpha value is -2.54. The van der Waals surface area contributed by atoms with Gasteiger partial charge in [-0.05, 0) is 44.7 Å². The number of aryl methyl sites for hydroxylation is 4. The van der Waals surface area contributed by atoms with E-state index in [1.165, 1.54) is 11.3 Å². The molecule has 1 atom stereocenters. The van der Waals surface area contributed by atoms with Crippen LogP contribution in [0.3, 0.4) is 0 Å². The lowest BCUT2D eigenvalue weighted by molar-refractivity contribution is -0.141. The van der Waals surface area contributed by atoms with Gasteiger partial charge >= 0.3 is 5.97 Å². The third-order valence-corrected chi connectivity index (χ3v) is 5.52. The van der Waals surface area contributed by atoms with Crippen molar-refractivity contribution in [3.05, 3.63) is 56.2 Å². The molecule has 1 aromatic carbocycles. The van der Waals surface area contributed by atoms with E-state index in [9.17, 15) is 14.7 Å². The maximum atomic E-state index is 12.8. The molecule has 0 saturated heterocycles. The van der Waals surface area contributed by atoms with Crippen LogP contribution in [-0.4, -0.2) is 26.1 Å². The quantitative estimate of drug-likeness (QED) is 0.758. The van der Waals surface area contributed by atoms with Crippen molar-refractivity contribution in [1.29, 1.82) is 0 Å². The summed E-state index contributed by atoms with van der Waals surface area (Å²) in [6, 6.07) is 6.88. The smallest absolute Gasteiger partial charge is 0.328 e. The molecule has 0 radical (unpaired) electrons. The third-order valence-electron chi connectivity index (χ3n) is 4.43. The van der Waals surface area contributed by atoms with Crippen molar-refractivity contribution < 1.29 is 9.90 Å². The second kappa shape index (κ2) is 6.76. The summed E-state index contributed by atoms with van der Waals surface area (Å²) in [5, 5.41) is 18.0. The van der Waals surface area contributed by atoms with Crippen LogP contribution in [0.1, 0.15) is 34.0 Å². The Morgan fingerprint density at radius 1 is 1.24 bits per heavy atom. The lowest BCUT2D eigenvalue weighted by Gasteiger charge is -2.13. The molecule has 0 saturated carbocycles. The van der Waals surface area contributed by atoms with Gasteiger partial charge in [0.15, 0.2) is 10.9 Å². The zero-order chi connectivity index (χ0) is 18.1. The molecule has 2 heterocycles. The maximum absolute atomic E-state index is 12.8. The van der Waals surface area contributed by atoms with E-state index < -0.39 is 12.0 Å². The first-order chi connectivity index (χ1) is 11.9. The van der Waals surface area contributed by atoms with E-state index in [1.807, 2.05) is 45.0 Å². The number of carbonyl (C=O) groups is 1. The van der Waals surface area contributed by atoms with E-state index in [4.69, 9.17) is 0 Å². The second-order valence-electron chi connectivity index (χ2n) is 6.18. The third kappa shape index (κ3) is 3.32. The number of aromatic nitrogens is 3. The van der Waals surface area contributed by atoms with E-state index in [0.717, 1.165) is 26.2 Å². The average molecular weight is 357 g/mol. The number of nitrogens with zero attached hydrogens (tertiary/aromatic N) is 3. The molecule has 0 fully saturated rings. The molecular weight excluding hydrogens is 338 g/mol. The minimum absolute atomic E-state index is 0.278. The molecule has 1 N–H and O–H groups in total. The highest BCUT2D eigenvalue weighted by molar-refractivity contribution is 7.18. The summed E-state index contributed by atoms with van der Waals surface area (Å²) in [5.74, 6) is -1.08. The topological polar surface area (TPSA) is 85.1 Å².